The molecule has 2 aromatic carbocycles. The molecule has 0 radical (unpaired) electrons. The van der Waals surface area contributed by atoms with Gasteiger partial charge in [0.15, 0.2) is 0 Å². The summed E-state index contributed by atoms with van der Waals surface area (Å²) in [5.74, 6) is 0. The van der Waals surface area contributed by atoms with Gasteiger partial charge in [-0.3, -0.25) is 4.55 Å². The molecule has 0 saturated carbocycles. The van der Waals surface area contributed by atoms with Crippen molar-refractivity contribution in [2.75, 3.05) is 11.5 Å². The van der Waals surface area contributed by atoms with Gasteiger partial charge in [0.05, 0.1) is 5.69 Å². The number of nitrogens with two attached hydrogens (primary N) is 2. The lowest BCUT2D eigenvalue weighted by atomic mass is 10.0. The van der Waals surface area contributed by atoms with Gasteiger partial charge in [0.25, 0.3) is 10.1 Å². The summed E-state index contributed by atoms with van der Waals surface area (Å²) in [4.78, 5) is -0.278. The highest BCUT2D eigenvalue weighted by Gasteiger charge is 2.20. The van der Waals surface area contributed by atoms with E-state index in [0.29, 0.717) is 22.0 Å². The molecule has 0 aromatic heterocycles. The Morgan fingerprint density at radius 2 is 1.82 bits per heavy atom. The molecular formula is C11H12N2O3S. The van der Waals surface area contributed by atoms with Gasteiger partial charge in [-0.05, 0) is 24.6 Å². The van der Waals surface area contributed by atoms with E-state index in [1.54, 1.807) is 31.2 Å². The minimum absolute atomic E-state index is 0.0469. The van der Waals surface area contributed by atoms with Gasteiger partial charge in [-0.2, -0.15) is 8.42 Å². The van der Waals surface area contributed by atoms with E-state index in [-0.39, 0.29) is 10.6 Å². The highest BCUT2D eigenvalue weighted by atomic mass is 32.2. The molecule has 0 atom stereocenters. The number of aryl methyl sites for hydroxylation is 1. The molecular weight excluding hydrogens is 240 g/mol. The van der Waals surface area contributed by atoms with Crippen molar-refractivity contribution < 1.29 is 13.0 Å². The Morgan fingerprint density at radius 1 is 1.18 bits per heavy atom. The zero-order valence-corrected chi connectivity index (χ0v) is 9.95. The fourth-order valence-electron chi connectivity index (χ4n) is 1.84. The van der Waals surface area contributed by atoms with Crippen LogP contribution in [0.25, 0.3) is 10.8 Å². The molecule has 0 aliphatic heterocycles. The van der Waals surface area contributed by atoms with Crippen molar-refractivity contribution in [3.8, 4) is 0 Å². The monoisotopic (exact) mass is 252 g/mol. The van der Waals surface area contributed by atoms with E-state index in [0.717, 1.165) is 0 Å². The molecule has 0 aliphatic carbocycles. The summed E-state index contributed by atoms with van der Waals surface area (Å²) >= 11 is 0. The maximum Gasteiger partial charge on any atom is 0.297 e. The van der Waals surface area contributed by atoms with Crippen LogP contribution in [-0.4, -0.2) is 13.0 Å². The van der Waals surface area contributed by atoms with E-state index >= 15 is 0 Å². The van der Waals surface area contributed by atoms with Crippen LogP contribution >= 0.6 is 0 Å². The minimum Gasteiger partial charge on any atom is -0.398 e. The van der Waals surface area contributed by atoms with Gasteiger partial charge in [-0.25, -0.2) is 0 Å². The zero-order valence-electron chi connectivity index (χ0n) is 9.14. The number of hydrogen-bond donors (Lipinski definition) is 3. The zero-order chi connectivity index (χ0) is 12.8. The van der Waals surface area contributed by atoms with E-state index in [4.69, 9.17) is 11.5 Å². The van der Waals surface area contributed by atoms with Gasteiger partial charge in [0.2, 0.25) is 0 Å². The van der Waals surface area contributed by atoms with Gasteiger partial charge in [0.1, 0.15) is 4.90 Å². The quantitative estimate of drug-likeness (QED) is 0.527. The van der Waals surface area contributed by atoms with Crippen LogP contribution < -0.4 is 11.5 Å². The van der Waals surface area contributed by atoms with Crippen LogP contribution in [0.1, 0.15) is 5.56 Å². The first kappa shape index (κ1) is 11.7. The molecule has 0 amide bonds. The second-order valence-corrected chi connectivity index (χ2v) is 5.21. The average Bonchev–Trinajstić information content (AvgIpc) is 2.19. The third-order valence-corrected chi connectivity index (χ3v) is 3.63. The molecule has 0 aliphatic rings. The average molecular weight is 252 g/mol. The molecule has 0 bridgehead atoms. The Kier molecular flexibility index (Phi) is 2.48. The largest absolute Gasteiger partial charge is 0.398 e. The molecule has 6 heteroatoms. The summed E-state index contributed by atoms with van der Waals surface area (Å²) < 4.78 is 32.0. The smallest absolute Gasteiger partial charge is 0.297 e. The molecule has 17 heavy (non-hydrogen) atoms. The highest BCUT2D eigenvalue weighted by molar-refractivity contribution is 7.86. The predicted octanol–water partition coefficient (Wildman–Crippen LogP) is 1.56. The van der Waals surface area contributed by atoms with Crippen LogP contribution in [0.3, 0.4) is 0 Å². The normalized spacial score (nSPS) is 11.9. The maximum absolute atomic E-state index is 11.4. The Bertz CT molecular complexity index is 708. The molecule has 5 N–H and O–H groups in total. The Hall–Kier alpha value is -1.79. The molecule has 0 fully saturated rings. The van der Waals surface area contributed by atoms with Crippen LogP contribution in [0, 0.1) is 6.92 Å². The van der Waals surface area contributed by atoms with Crippen LogP contribution in [-0.2, 0) is 10.1 Å². The summed E-state index contributed by atoms with van der Waals surface area (Å²) in [6.45, 7) is 1.66. The van der Waals surface area contributed by atoms with Gasteiger partial charge in [-0.15, -0.1) is 0 Å². The predicted molar refractivity (Wildman–Crippen MR) is 67.3 cm³/mol. The van der Waals surface area contributed by atoms with Crippen molar-refractivity contribution in [2.45, 2.75) is 11.8 Å². The molecule has 2 aromatic rings. The van der Waals surface area contributed by atoms with E-state index in [9.17, 15) is 13.0 Å². The maximum atomic E-state index is 11.4. The van der Waals surface area contributed by atoms with Crippen molar-refractivity contribution >= 4 is 32.3 Å². The number of hydrogen-bond acceptors (Lipinski definition) is 4. The van der Waals surface area contributed by atoms with Crippen LogP contribution in [0.4, 0.5) is 11.4 Å². The lowest BCUT2D eigenvalue weighted by Gasteiger charge is -2.11. The lowest BCUT2D eigenvalue weighted by Crippen LogP contribution is -2.06. The number of nitrogen functional groups attached to an aromatic ring is 2. The summed E-state index contributed by atoms with van der Waals surface area (Å²) in [5.41, 5.74) is 12.5. The Morgan fingerprint density at radius 3 is 2.41 bits per heavy atom. The minimum atomic E-state index is -4.38. The van der Waals surface area contributed by atoms with E-state index < -0.39 is 10.1 Å². The van der Waals surface area contributed by atoms with E-state index in [2.05, 4.69) is 0 Å². The number of benzene rings is 2. The van der Waals surface area contributed by atoms with Gasteiger partial charge in [0, 0.05) is 16.5 Å². The molecule has 0 unspecified atom stereocenters. The molecule has 0 heterocycles. The van der Waals surface area contributed by atoms with Crippen LogP contribution in [0.5, 0.6) is 0 Å². The summed E-state index contributed by atoms with van der Waals surface area (Å²) in [6.07, 6.45) is 0. The van der Waals surface area contributed by atoms with Crippen molar-refractivity contribution in [3.05, 3.63) is 29.8 Å². The number of anilines is 2. The van der Waals surface area contributed by atoms with Gasteiger partial charge < -0.3 is 11.5 Å². The van der Waals surface area contributed by atoms with Gasteiger partial charge in [-0.1, -0.05) is 12.1 Å². The molecule has 0 saturated heterocycles. The SMILES string of the molecule is Cc1cc2c(N)cccc2c(S(=O)(=O)O)c1N. The van der Waals surface area contributed by atoms with Gasteiger partial charge >= 0.3 is 0 Å². The van der Waals surface area contributed by atoms with Crippen LogP contribution in [0.15, 0.2) is 29.2 Å². The van der Waals surface area contributed by atoms with Crippen molar-refractivity contribution in [3.63, 3.8) is 0 Å². The second kappa shape index (κ2) is 3.61. The summed E-state index contributed by atoms with van der Waals surface area (Å²) in [7, 11) is -4.38. The second-order valence-electron chi connectivity index (χ2n) is 3.85. The summed E-state index contributed by atoms with van der Waals surface area (Å²) in [6, 6.07) is 6.53. The first-order valence-electron chi connectivity index (χ1n) is 4.87. The standard InChI is InChI=1S/C11H12N2O3S/c1-6-5-8-7(3-2-4-9(8)12)11(10(6)13)17(14,15)16/h2-5H,12-13H2,1H3,(H,14,15,16). The number of fused-ring (bicyclic) bond motifs is 1. The number of rotatable bonds is 1. The van der Waals surface area contributed by atoms with E-state index in [1.165, 1.54) is 0 Å². The van der Waals surface area contributed by atoms with Crippen molar-refractivity contribution in [1.82, 2.24) is 0 Å². The molecule has 0 spiro atoms. The first-order valence-corrected chi connectivity index (χ1v) is 6.31. The van der Waals surface area contributed by atoms with E-state index in [1.807, 2.05) is 0 Å². The molecule has 5 nitrogen and oxygen atoms in total. The topological polar surface area (TPSA) is 106 Å². The molecule has 90 valence electrons. The third kappa shape index (κ3) is 1.81. The van der Waals surface area contributed by atoms with Crippen LogP contribution in [0.2, 0.25) is 0 Å². The fourth-order valence-corrected chi connectivity index (χ4v) is 2.73. The summed E-state index contributed by atoms with van der Waals surface area (Å²) in [5, 5.41) is 0.891. The third-order valence-electron chi connectivity index (χ3n) is 2.67. The van der Waals surface area contributed by atoms with Crippen molar-refractivity contribution in [2.24, 2.45) is 0 Å². The fraction of sp³-hybridized carbons (Fsp3) is 0.0909. The highest BCUT2D eigenvalue weighted by Crippen LogP contribution is 2.33. The Labute approximate surface area is 98.8 Å². The van der Waals surface area contributed by atoms with Crippen molar-refractivity contribution in [1.29, 1.82) is 0 Å². The first-order chi connectivity index (χ1) is 7.82. The molecule has 2 rings (SSSR count). The Balaban J connectivity index is 3.10. The lowest BCUT2D eigenvalue weighted by molar-refractivity contribution is 0.484.